The zero-order valence-corrected chi connectivity index (χ0v) is 38.1. The van der Waals surface area contributed by atoms with E-state index in [9.17, 15) is 5.48 Å². The number of ether oxygens (including phenoxy) is 1. The summed E-state index contributed by atoms with van der Waals surface area (Å²) in [4.78, 5) is 4.70. The minimum Gasteiger partial charge on any atom is -0.510 e. The molecule has 9 aromatic carbocycles. The minimum absolute atomic E-state index is 0. The summed E-state index contributed by atoms with van der Waals surface area (Å²) in [6.45, 7) is 1.41. The Balaban J connectivity index is 0.00000769. The Hall–Kier alpha value is -8.31. The molecule has 69 heavy (non-hydrogen) atoms. The molecule has 0 fully saturated rings. The SMILES string of the molecule is [2H]c1c([2H])c([2H])c(-c2cccc(-c3c([2H])c([2H])c([2H])c([2H])c3[2H])c2-[n+]2[c-]n(-c3[c-]c(Oc4[c-]c5c(c(-n6c7c([2H])c([2H])c([2H])c([2H])c7c7c([2H])c([2H])c([2H])c([2H])c76)c4)c4ccccc4n5-c4cc(C([2H])([2H])C)ccn4)ccc3)c3ccccc32)c([2H])c1[2H].[Pt]. The Labute approximate surface area is 441 Å². The van der Waals surface area contributed by atoms with Gasteiger partial charge < -0.3 is 18.4 Å². The maximum atomic E-state index is 9.43. The fourth-order valence-electron chi connectivity index (χ4n) is 8.90. The molecule has 4 heterocycles. The second-order valence-corrected chi connectivity index (χ2v) is 15.5. The van der Waals surface area contributed by atoms with Gasteiger partial charge in [0.05, 0.1) is 52.4 Å². The van der Waals surface area contributed by atoms with Gasteiger partial charge in [0.2, 0.25) is 0 Å². The van der Waals surface area contributed by atoms with Crippen molar-refractivity contribution in [2.75, 3.05) is 0 Å². The van der Waals surface area contributed by atoms with Crippen LogP contribution in [0.25, 0.3) is 99.8 Å². The van der Waals surface area contributed by atoms with Crippen LogP contribution in [0.2, 0.25) is 0 Å². The predicted molar refractivity (Wildman–Crippen MR) is 275 cm³/mol. The van der Waals surface area contributed by atoms with E-state index in [2.05, 4.69) is 18.5 Å². The summed E-state index contributed by atoms with van der Waals surface area (Å²) in [5, 5.41) is 0.587. The van der Waals surface area contributed by atoms with Gasteiger partial charge in [-0.3, -0.25) is 4.57 Å². The van der Waals surface area contributed by atoms with Crippen LogP contribution in [0.15, 0.2) is 218 Å². The van der Waals surface area contributed by atoms with E-state index in [1.54, 1.807) is 88.0 Å². The zero-order valence-electron chi connectivity index (χ0n) is 55.9. The van der Waals surface area contributed by atoms with E-state index < -0.39 is 115 Å². The average molecular weight is 1090 g/mol. The van der Waals surface area contributed by atoms with Crippen LogP contribution in [0, 0.1) is 18.5 Å². The molecule has 0 radical (unpaired) electrons. The topological polar surface area (TPSA) is 40.8 Å². The molecule has 0 unspecified atom stereocenters. The van der Waals surface area contributed by atoms with Crippen molar-refractivity contribution in [1.82, 2.24) is 18.7 Å². The first-order chi connectivity index (χ1) is 41.8. The van der Waals surface area contributed by atoms with Gasteiger partial charge in [-0.15, -0.1) is 24.3 Å². The van der Waals surface area contributed by atoms with E-state index in [1.807, 2.05) is 0 Å². The van der Waals surface area contributed by atoms with Gasteiger partial charge in [0.15, 0.2) is 0 Å². The van der Waals surface area contributed by atoms with E-state index in [1.165, 1.54) is 46.5 Å². The van der Waals surface area contributed by atoms with Crippen LogP contribution >= 0.6 is 0 Å². The number of fused-ring (bicyclic) bond motifs is 7. The average Bonchev–Trinajstić information content (AvgIpc) is 1.58. The van der Waals surface area contributed by atoms with Crippen molar-refractivity contribution in [3.05, 3.63) is 242 Å². The van der Waals surface area contributed by atoms with Gasteiger partial charge in [-0.05, 0) is 81.2 Å². The predicted octanol–water partition coefficient (Wildman–Crippen LogP) is 14.6. The monoisotopic (exact) mass is 1090 g/mol. The fourth-order valence-corrected chi connectivity index (χ4v) is 8.90. The van der Waals surface area contributed by atoms with Crippen molar-refractivity contribution in [1.29, 1.82) is 0 Å². The molecule has 0 aliphatic carbocycles. The van der Waals surface area contributed by atoms with Crippen molar-refractivity contribution >= 4 is 54.6 Å². The van der Waals surface area contributed by atoms with Crippen LogP contribution in [0.5, 0.6) is 11.5 Å². The Kier molecular flexibility index (Phi) is 6.49. The minimum atomic E-state index is -1.82. The molecule has 332 valence electrons. The van der Waals surface area contributed by atoms with Crippen LogP contribution < -0.4 is 9.30 Å². The van der Waals surface area contributed by atoms with E-state index in [0.717, 1.165) is 0 Å². The molecule has 4 aromatic heterocycles. The van der Waals surface area contributed by atoms with Gasteiger partial charge >= 0.3 is 0 Å². The molecule has 0 spiro atoms. The number of hydrogen-bond donors (Lipinski definition) is 0. The Morgan fingerprint density at radius 3 is 1.94 bits per heavy atom. The van der Waals surface area contributed by atoms with Crippen LogP contribution in [-0.4, -0.2) is 18.7 Å². The molecule has 6 nitrogen and oxygen atoms in total. The molecular weight excluding hydrogens is 1030 g/mol. The number of aryl methyl sites for hydroxylation is 1. The number of aromatic nitrogens is 5. The van der Waals surface area contributed by atoms with Gasteiger partial charge in [-0.2, -0.15) is 12.1 Å². The molecule has 7 heteroatoms. The third-order valence-corrected chi connectivity index (χ3v) is 11.8. The number of rotatable bonds is 9. The van der Waals surface area contributed by atoms with Crippen molar-refractivity contribution < 1.29 is 57.8 Å². The molecule has 0 bridgehead atoms. The number of nitrogens with zero attached hydrogens (tertiary/aromatic N) is 5. The largest absolute Gasteiger partial charge is 0.510 e. The molecule has 13 rings (SSSR count). The molecule has 0 aliphatic rings. The Bertz CT molecular complexity index is 5030. The van der Waals surface area contributed by atoms with Gasteiger partial charge in [-0.25, -0.2) is 4.98 Å². The summed E-state index contributed by atoms with van der Waals surface area (Å²) in [6, 6.07) is 24.1. The molecule has 0 amide bonds. The van der Waals surface area contributed by atoms with Crippen LogP contribution in [-0.2, 0) is 27.4 Å². The molecule has 0 N–H and O–H groups in total. The summed E-state index contributed by atoms with van der Waals surface area (Å²) >= 11 is 0. The third kappa shape index (κ3) is 7.06. The summed E-state index contributed by atoms with van der Waals surface area (Å²) in [5.41, 5.74) is 1.62. The van der Waals surface area contributed by atoms with Gasteiger partial charge in [-0.1, -0.05) is 175 Å². The van der Waals surface area contributed by atoms with E-state index in [0.29, 0.717) is 27.3 Å². The normalized spacial score (nSPS) is 15.8. The van der Waals surface area contributed by atoms with E-state index in [4.69, 9.17) is 31.7 Å². The first-order valence-corrected chi connectivity index (χ1v) is 21.2. The van der Waals surface area contributed by atoms with Gasteiger partial charge in [0.1, 0.15) is 5.82 Å². The van der Waals surface area contributed by atoms with Gasteiger partial charge in [0.25, 0.3) is 6.33 Å². The summed E-state index contributed by atoms with van der Waals surface area (Å²) in [6.07, 6.45) is 2.98. The van der Waals surface area contributed by atoms with E-state index in [-0.39, 0.29) is 111 Å². The van der Waals surface area contributed by atoms with Gasteiger partial charge in [0, 0.05) is 57.8 Å². The zero-order chi connectivity index (χ0) is 62.6. The second kappa shape index (κ2) is 17.4. The van der Waals surface area contributed by atoms with Crippen molar-refractivity contribution in [2.45, 2.75) is 13.3 Å². The molecule has 0 atom stereocenters. The first-order valence-electron chi connectivity index (χ1n) is 31.2. The molecule has 0 saturated carbocycles. The quantitative estimate of drug-likeness (QED) is 0.107. The molecule has 13 aromatic rings. The molecule has 0 aliphatic heterocycles. The summed E-state index contributed by atoms with van der Waals surface area (Å²) in [5.74, 6) is 0.245. The standard InChI is InChI=1S/C62H41N5O.Pt/c1-2-42-35-36-63-60(37-42)67-55-32-14-11-27-52(55)61-58(66-53-30-12-9-25-50(53)51-26-10-13-31-54(51)66)39-47(40-59(61)67)68-46-24-17-23-45(38-46)64-41-65(57-34-16-15-33-56(57)64)62-48(43-19-5-3-6-20-43)28-18-29-49(62)44-21-7-4-8-22-44;/h3-37,39H,2H2,1H3;/q-2;/i2D2,3D,4D,5D,6D,7D,8D,9D,10D,12D,13D,19D,20D,21D,22D,25D,26D,30D,31D;. The van der Waals surface area contributed by atoms with Crippen LogP contribution in [0.4, 0.5) is 0 Å². The maximum Gasteiger partial charge on any atom is 0.268 e. The number of benzene rings is 9. The summed E-state index contributed by atoms with van der Waals surface area (Å²) < 4.78 is 191. The number of para-hydroxylation sites is 6. The Morgan fingerprint density at radius 2 is 1.23 bits per heavy atom. The fraction of sp³-hybridized carbons (Fsp3) is 0.0323. The molecular formula is C62H41N5OPt-2. The third-order valence-electron chi connectivity index (χ3n) is 11.8. The molecule has 0 saturated heterocycles. The maximum absolute atomic E-state index is 9.43. The van der Waals surface area contributed by atoms with Crippen molar-refractivity contribution in [3.63, 3.8) is 0 Å². The van der Waals surface area contributed by atoms with E-state index >= 15 is 0 Å². The number of imidazole rings is 1. The first kappa shape index (κ1) is 25.7. The smallest absolute Gasteiger partial charge is 0.268 e. The van der Waals surface area contributed by atoms with Crippen LogP contribution in [0.3, 0.4) is 0 Å². The van der Waals surface area contributed by atoms with Crippen LogP contribution in [0.1, 0.15) is 39.9 Å². The van der Waals surface area contributed by atoms with Crippen molar-refractivity contribution in [2.24, 2.45) is 0 Å². The van der Waals surface area contributed by atoms with Crippen molar-refractivity contribution in [3.8, 4) is 56.6 Å². The number of hydrogen-bond acceptors (Lipinski definition) is 2. The number of pyridine rings is 1. The Morgan fingerprint density at radius 1 is 0.594 bits per heavy atom. The second-order valence-electron chi connectivity index (χ2n) is 15.5. The summed E-state index contributed by atoms with van der Waals surface area (Å²) in [7, 11) is 0.